The Morgan fingerprint density at radius 2 is 2.03 bits per heavy atom. The third kappa shape index (κ3) is 12.3. The number of aryl methyl sites for hydroxylation is 1. The lowest BCUT2D eigenvalue weighted by Crippen LogP contribution is -2.40. The van der Waals surface area contributed by atoms with Crippen LogP contribution in [0.4, 0.5) is 5.69 Å². The molecule has 11 nitrogen and oxygen atoms in total. The van der Waals surface area contributed by atoms with Crippen molar-refractivity contribution in [2.75, 3.05) is 31.2 Å². The quantitative estimate of drug-likeness (QED) is 0.354. The van der Waals surface area contributed by atoms with Gasteiger partial charge in [-0.1, -0.05) is 26.3 Å². The van der Waals surface area contributed by atoms with Crippen LogP contribution in [0.1, 0.15) is 52.0 Å². The van der Waals surface area contributed by atoms with Gasteiger partial charge < -0.3 is 20.5 Å². The molecule has 2 unspecified atom stereocenters. The Morgan fingerprint density at radius 3 is 2.60 bits per heavy atom. The number of rotatable bonds is 8. The maximum absolute atomic E-state index is 12.1. The molecule has 0 aliphatic carbocycles. The van der Waals surface area contributed by atoms with Crippen molar-refractivity contribution in [2.45, 2.75) is 59.0 Å². The molecule has 2 heterocycles. The van der Waals surface area contributed by atoms with E-state index in [1.54, 1.807) is 7.05 Å². The fourth-order valence-corrected chi connectivity index (χ4v) is 3.68. The number of fused-ring (bicyclic) bond motifs is 1. The molecule has 196 valence electrons. The van der Waals surface area contributed by atoms with E-state index < -0.39 is 23.1 Å². The number of carboxylic acid groups (broad SMARTS) is 1. The molecule has 35 heavy (non-hydrogen) atoms. The number of unbranched alkanes of at least 4 members (excludes halogenated alkanes) is 1. The molecule has 12 heteroatoms. The van der Waals surface area contributed by atoms with Gasteiger partial charge in [0.05, 0.1) is 23.2 Å². The van der Waals surface area contributed by atoms with Gasteiger partial charge in [-0.15, -0.1) is 0 Å². The van der Waals surface area contributed by atoms with Gasteiger partial charge in [-0.25, -0.2) is 8.93 Å². The van der Waals surface area contributed by atoms with Crippen LogP contribution < -0.4 is 25.4 Å². The van der Waals surface area contributed by atoms with Gasteiger partial charge in [0.25, 0.3) is 11.9 Å². The first-order valence-corrected chi connectivity index (χ1v) is 13.0. The zero-order valence-electron chi connectivity index (χ0n) is 20.8. The molecule has 0 saturated carbocycles. The Hall–Kier alpha value is -2.99. The van der Waals surface area contributed by atoms with Crippen molar-refractivity contribution in [3.8, 4) is 5.75 Å². The van der Waals surface area contributed by atoms with Crippen LogP contribution in [0.5, 0.6) is 5.75 Å². The summed E-state index contributed by atoms with van der Waals surface area (Å²) in [7, 11) is 0.937. The minimum absolute atomic E-state index is 0.179. The van der Waals surface area contributed by atoms with Gasteiger partial charge in [0.2, 0.25) is 5.91 Å². The molecule has 0 saturated heterocycles. The molecule has 2 atom stereocenters. The van der Waals surface area contributed by atoms with E-state index in [9.17, 15) is 13.8 Å². The third-order valence-corrected chi connectivity index (χ3v) is 5.86. The van der Waals surface area contributed by atoms with E-state index in [0.29, 0.717) is 30.4 Å². The minimum atomic E-state index is -0.833. The number of nitrogens with one attached hydrogen (secondary N) is 4. The number of carbonyl (C=O) groups excluding carboxylic acids is 2. The zero-order valence-corrected chi connectivity index (χ0v) is 21.6. The van der Waals surface area contributed by atoms with Gasteiger partial charge in [-0.3, -0.25) is 24.7 Å². The standard InChI is InChI=1S/C16H20N4O3.C5H13NOS.C2H4O2/c1-2-10-3-4-12-11(9-10)19-15(22)13(23-12)5-6-14(21)20-16-17-7-8-18-16;1-3-4-5-8(7)6-2;1-2(3)4/h3-4,9,13H,2,5-8H2,1H3,(H,19,22)(H2,17,18,20,21);6H,3-5H2,1-2H3;1H3,(H,3,4). The van der Waals surface area contributed by atoms with E-state index in [4.69, 9.17) is 14.6 Å². The first-order valence-electron chi connectivity index (χ1n) is 11.6. The summed E-state index contributed by atoms with van der Waals surface area (Å²) in [5, 5.41) is 15.9. The second kappa shape index (κ2) is 16.6. The predicted molar refractivity (Wildman–Crippen MR) is 137 cm³/mol. The summed E-state index contributed by atoms with van der Waals surface area (Å²) in [5.74, 6) is 0.708. The van der Waals surface area contributed by atoms with Crippen molar-refractivity contribution >= 4 is 40.4 Å². The summed E-state index contributed by atoms with van der Waals surface area (Å²) in [6, 6.07) is 5.75. The van der Waals surface area contributed by atoms with Crippen LogP contribution >= 0.6 is 0 Å². The van der Waals surface area contributed by atoms with E-state index >= 15 is 0 Å². The van der Waals surface area contributed by atoms with Crippen LogP contribution in [0, 0.1) is 0 Å². The lowest BCUT2D eigenvalue weighted by Gasteiger charge is -2.26. The van der Waals surface area contributed by atoms with Crippen molar-refractivity contribution in [3.05, 3.63) is 23.8 Å². The first-order chi connectivity index (χ1) is 16.7. The van der Waals surface area contributed by atoms with E-state index in [2.05, 4.69) is 39.5 Å². The molecule has 0 spiro atoms. The lowest BCUT2D eigenvalue weighted by atomic mass is 10.1. The molecular formula is C23H37N5O6S. The fourth-order valence-electron chi connectivity index (χ4n) is 2.92. The molecule has 0 radical (unpaired) electrons. The number of hydrogen-bond acceptors (Lipinski definition) is 7. The predicted octanol–water partition coefficient (Wildman–Crippen LogP) is 1.56. The summed E-state index contributed by atoms with van der Waals surface area (Å²) in [5.41, 5.74) is 1.83. The van der Waals surface area contributed by atoms with E-state index in [-0.39, 0.29) is 18.2 Å². The highest BCUT2D eigenvalue weighted by Crippen LogP contribution is 2.31. The maximum Gasteiger partial charge on any atom is 0.300 e. The molecule has 2 aliphatic rings. The molecular weight excluding hydrogens is 474 g/mol. The molecule has 2 amide bonds. The van der Waals surface area contributed by atoms with Crippen molar-refractivity contribution in [1.82, 2.24) is 15.4 Å². The van der Waals surface area contributed by atoms with Crippen molar-refractivity contribution < 1.29 is 28.4 Å². The Kier molecular flexibility index (Phi) is 14.3. The van der Waals surface area contributed by atoms with Crippen LogP contribution in [0.25, 0.3) is 0 Å². The van der Waals surface area contributed by atoms with E-state index in [0.717, 1.165) is 44.0 Å². The summed E-state index contributed by atoms with van der Waals surface area (Å²) >= 11 is 0. The first kappa shape index (κ1) is 30.0. The highest BCUT2D eigenvalue weighted by molar-refractivity contribution is 7.82. The molecule has 0 fully saturated rings. The normalized spacial score (nSPS) is 16.4. The van der Waals surface area contributed by atoms with Crippen LogP contribution in [0.2, 0.25) is 0 Å². The number of carbonyl (C=O) groups is 3. The average Bonchev–Trinajstić information content (AvgIpc) is 3.33. The molecule has 1 aromatic carbocycles. The van der Waals surface area contributed by atoms with Crippen LogP contribution in [-0.4, -0.2) is 65.1 Å². The van der Waals surface area contributed by atoms with Gasteiger partial charge in [0.1, 0.15) is 5.75 Å². The number of aliphatic carboxylic acids is 1. The number of amides is 2. The minimum Gasteiger partial charge on any atom is -0.481 e. The highest BCUT2D eigenvalue weighted by atomic mass is 32.2. The topological polar surface area (TPSA) is 158 Å². The molecule has 5 N–H and O–H groups in total. The molecule has 2 aliphatic heterocycles. The molecule has 1 aromatic rings. The monoisotopic (exact) mass is 511 g/mol. The molecule has 3 rings (SSSR count). The Balaban J connectivity index is 0.000000427. The summed E-state index contributed by atoms with van der Waals surface area (Å²) in [6.45, 7) is 6.63. The average molecular weight is 512 g/mol. The van der Waals surface area contributed by atoms with Crippen molar-refractivity contribution in [3.63, 3.8) is 0 Å². The Bertz CT molecular complexity index is 904. The lowest BCUT2D eigenvalue weighted by molar-refractivity contribution is -0.134. The second-order valence-electron chi connectivity index (χ2n) is 7.65. The van der Waals surface area contributed by atoms with Gasteiger partial charge in [0, 0.05) is 32.1 Å². The summed E-state index contributed by atoms with van der Waals surface area (Å²) in [4.78, 5) is 37.1. The summed E-state index contributed by atoms with van der Waals surface area (Å²) < 4.78 is 19.0. The summed E-state index contributed by atoms with van der Waals surface area (Å²) in [6.07, 6.45) is 2.92. The van der Waals surface area contributed by atoms with Crippen LogP contribution in [-0.2, 0) is 31.8 Å². The Morgan fingerprint density at radius 1 is 1.31 bits per heavy atom. The van der Waals surface area contributed by atoms with Crippen molar-refractivity contribution in [2.24, 2.45) is 4.99 Å². The number of nitrogens with zero attached hydrogens (tertiary/aromatic N) is 1. The Labute approximate surface area is 209 Å². The largest absolute Gasteiger partial charge is 0.481 e. The molecule has 0 bridgehead atoms. The number of aliphatic imine (C=N–C) groups is 1. The van der Waals surface area contributed by atoms with E-state index in [1.807, 2.05) is 18.2 Å². The van der Waals surface area contributed by atoms with Gasteiger partial charge in [0.15, 0.2) is 12.1 Å². The maximum atomic E-state index is 12.1. The number of ether oxygens (including phenoxy) is 1. The highest BCUT2D eigenvalue weighted by Gasteiger charge is 2.28. The van der Waals surface area contributed by atoms with Gasteiger partial charge >= 0.3 is 0 Å². The van der Waals surface area contributed by atoms with Crippen LogP contribution in [0.15, 0.2) is 23.2 Å². The number of hydrogen-bond donors (Lipinski definition) is 5. The van der Waals surface area contributed by atoms with Crippen LogP contribution in [0.3, 0.4) is 0 Å². The van der Waals surface area contributed by atoms with Crippen molar-refractivity contribution in [1.29, 1.82) is 0 Å². The van der Waals surface area contributed by atoms with Gasteiger partial charge in [-0.05, 0) is 37.6 Å². The molecule has 0 aromatic heterocycles. The number of guanidine groups is 1. The SMILES string of the molecule is CC(=O)O.CCCCS(=O)NC.CCc1ccc2c(c1)NC(=O)C(CCC(=O)NC1=NCCN1)O2. The number of benzene rings is 1. The fraction of sp³-hybridized carbons (Fsp3) is 0.565. The zero-order chi connectivity index (χ0) is 26.2. The number of anilines is 1. The smallest absolute Gasteiger partial charge is 0.300 e. The second-order valence-corrected chi connectivity index (χ2v) is 9.16. The number of carboxylic acids is 1. The van der Waals surface area contributed by atoms with E-state index in [1.165, 1.54) is 0 Å². The third-order valence-electron chi connectivity index (χ3n) is 4.75. The van der Waals surface area contributed by atoms with Gasteiger partial charge in [-0.2, -0.15) is 0 Å².